The van der Waals surface area contributed by atoms with E-state index in [0.717, 1.165) is 31.7 Å². The largest absolute Gasteiger partial charge is 0.494 e. The van der Waals surface area contributed by atoms with E-state index in [1.165, 1.54) is 6.08 Å². The van der Waals surface area contributed by atoms with Gasteiger partial charge in [-0.2, -0.15) is 4.98 Å². The molecular formula is C25H32ClN7O3. The van der Waals surface area contributed by atoms with Crippen LogP contribution in [0.1, 0.15) is 6.42 Å². The lowest BCUT2D eigenvalue weighted by Crippen LogP contribution is -2.37. The second kappa shape index (κ2) is 9.76. The van der Waals surface area contributed by atoms with Gasteiger partial charge in [0.1, 0.15) is 16.9 Å². The number of amides is 1. The SMILES string of the molecule is C=CC(=O)Nc1cc(Nc2ncc(Cl)c(N3C[C@@H]4CC3C3OC34)n2)c(OC)cc1N(C)CCN(C)C. The van der Waals surface area contributed by atoms with Gasteiger partial charge < -0.3 is 34.8 Å². The molecule has 1 saturated carbocycles. The van der Waals surface area contributed by atoms with E-state index in [2.05, 4.69) is 36.9 Å². The van der Waals surface area contributed by atoms with Crippen LogP contribution in [0.4, 0.5) is 28.8 Å². The lowest BCUT2D eigenvalue weighted by atomic mass is 10.1. The molecule has 2 aliphatic heterocycles. The Labute approximate surface area is 216 Å². The van der Waals surface area contributed by atoms with Gasteiger partial charge in [0.25, 0.3) is 0 Å². The molecule has 1 aromatic heterocycles. The van der Waals surface area contributed by atoms with Crippen LogP contribution in [-0.2, 0) is 9.53 Å². The molecule has 3 heterocycles. The number of nitrogens with one attached hydrogen (secondary N) is 2. The molecule has 2 bridgehead atoms. The number of likely N-dealkylation sites (N-methyl/N-ethyl adjacent to an activating group) is 2. The quantitative estimate of drug-likeness (QED) is 0.367. The number of nitrogens with zero attached hydrogens (tertiary/aromatic N) is 5. The van der Waals surface area contributed by atoms with Gasteiger partial charge in [0.2, 0.25) is 11.9 Å². The molecule has 2 saturated heterocycles. The molecule has 3 fully saturated rings. The van der Waals surface area contributed by atoms with Crippen LogP contribution in [0.3, 0.4) is 0 Å². The molecule has 3 aliphatic rings. The number of epoxide rings is 1. The Morgan fingerprint density at radius 3 is 2.78 bits per heavy atom. The van der Waals surface area contributed by atoms with Crippen LogP contribution in [0.5, 0.6) is 5.75 Å². The summed E-state index contributed by atoms with van der Waals surface area (Å²) in [6.07, 6.45) is 4.67. The minimum Gasteiger partial charge on any atom is -0.494 e. The first kappa shape index (κ1) is 24.6. The number of piperidine rings is 1. The van der Waals surface area contributed by atoms with E-state index in [0.29, 0.717) is 58.1 Å². The lowest BCUT2D eigenvalue weighted by molar-refractivity contribution is -0.111. The molecule has 36 heavy (non-hydrogen) atoms. The van der Waals surface area contributed by atoms with Gasteiger partial charge in [0.15, 0.2) is 5.82 Å². The number of hydrogen-bond donors (Lipinski definition) is 2. The van der Waals surface area contributed by atoms with Gasteiger partial charge in [0, 0.05) is 38.7 Å². The Bertz CT molecular complexity index is 1180. The summed E-state index contributed by atoms with van der Waals surface area (Å²) in [6.45, 7) is 6.07. The Morgan fingerprint density at radius 1 is 1.31 bits per heavy atom. The van der Waals surface area contributed by atoms with Gasteiger partial charge in [-0.05, 0) is 32.7 Å². The summed E-state index contributed by atoms with van der Waals surface area (Å²) in [5, 5.41) is 6.68. The number of carbonyl (C=O) groups is 1. The summed E-state index contributed by atoms with van der Waals surface area (Å²) in [7, 11) is 7.62. The molecule has 1 amide bonds. The highest BCUT2D eigenvalue weighted by Gasteiger charge is 2.63. The van der Waals surface area contributed by atoms with E-state index in [1.807, 2.05) is 33.3 Å². The first-order valence-electron chi connectivity index (χ1n) is 12.0. The number of hydrogen-bond acceptors (Lipinski definition) is 9. The van der Waals surface area contributed by atoms with E-state index < -0.39 is 0 Å². The zero-order chi connectivity index (χ0) is 25.6. The number of aromatic nitrogens is 2. The van der Waals surface area contributed by atoms with E-state index in [9.17, 15) is 4.79 Å². The molecule has 10 nitrogen and oxygen atoms in total. The fourth-order valence-corrected chi connectivity index (χ4v) is 5.36. The highest BCUT2D eigenvalue weighted by atomic mass is 35.5. The standard InChI is InChI=1S/C25H32ClN7O3/c1-6-21(34)28-16-10-17(20(35-5)11-18(16)32(4)8-7-31(2)3)29-25-27-12-15(26)24(30-25)33-13-14-9-19(33)23-22(14)36-23/h6,10-12,14,19,22-23H,1,7-9,13H2,2-5H3,(H,28,34)(H,27,29,30)/t14-,19?,22?,23?/m0/s1. The van der Waals surface area contributed by atoms with Crippen molar-refractivity contribution < 1.29 is 14.3 Å². The predicted molar refractivity (Wildman–Crippen MR) is 142 cm³/mol. The normalized spacial score (nSPS) is 23.4. The molecule has 4 atom stereocenters. The highest BCUT2D eigenvalue weighted by molar-refractivity contribution is 6.32. The molecule has 0 spiro atoms. The molecule has 192 valence electrons. The maximum absolute atomic E-state index is 12.2. The summed E-state index contributed by atoms with van der Waals surface area (Å²) >= 11 is 6.52. The highest BCUT2D eigenvalue weighted by Crippen LogP contribution is 2.52. The molecule has 1 aromatic carbocycles. The lowest BCUT2D eigenvalue weighted by Gasteiger charge is -2.27. The Morgan fingerprint density at radius 2 is 2.11 bits per heavy atom. The predicted octanol–water partition coefficient (Wildman–Crippen LogP) is 2.98. The average Bonchev–Trinajstić information content (AvgIpc) is 3.46. The second-order valence-corrected chi connectivity index (χ2v) is 10.2. The van der Waals surface area contributed by atoms with Crippen LogP contribution in [0.15, 0.2) is 31.0 Å². The molecule has 2 aromatic rings. The van der Waals surface area contributed by atoms with Crippen LogP contribution in [-0.4, -0.2) is 86.9 Å². The monoisotopic (exact) mass is 513 g/mol. The number of anilines is 5. The fourth-order valence-electron chi connectivity index (χ4n) is 5.16. The van der Waals surface area contributed by atoms with Crippen LogP contribution >= 0.6 is 11.6 Å². The van der Waals surface area contributed by atoms with E-state index >= 15 is 0 Å². The van der Waals surface area contributed by atoms with Crippen LogP contribution in [0.2, 0.25) is 5.02 Å². The van der Waals surface area contributed by atoms with Crippen molar-refractivity contribution in [2.45, 2.75) is 24.7 Å². The molecular weight excluding hydrogens is 482 g/mol. The third-order valence-corrected chi connectivity index (χ3v) is 7.35. The molecule has 0 radical (unpaired) electrons. The van der Waals surface area contributed by atoms with E-state index in [1.54, 1.807) is 13.3 Å². The van der Waals surface area contributed by atoms with Gasteiger partial charge in [-0.3, -0.25) is 4.79 Å². The number of rotatable bonds is 10. The van der Waals surface area contributed by atoms with Crippen LogP contribution < -0.4 is 25.2 Å². The molecule has 1 aliphatic carbocycles. The van der Waals surface area contributed by atoms with Crippen molar-refractivity contribution in [3.63, 3.8) is 0 Å². The smallest absolute Gasteiger partial charge is 0.247 e. The van der Waals surface area contributed by atoms with Gasteiger partial charge in [-0.25, -0.2) is 4.98 Å². The van der Waals surface area contributed by atoms with E-state index in [4.69, 9.17) is 26.1 Å². The maximum Gasteiger partial charge on any atom is 0.247 e. The first-order chi connectivity index (χ1) is 17.3. The van der Waals surface area contributed by atoms with Crippen molar-refractivity contribution >= 4 is 46.3 Å². The van der Waals surface area contributed by atoms with Gasteiger partial charge >= 0.3 is 0 Å². The van der Waals surface area contributed by atoms with E-state index in [-0.39, 0.29) is 5.91 Å². The average molecular weight is 514 g/mol. The second-order valence-electron chi connectivity index (χ2n) is 9.76. The fraction of sp³-hybridized carbons (Fsp3) is 0.480. The Balaban J connectivity index is 1.44. The van der Waals surface area contributed by atoms with Crippen molar-refractivity contribution in [2.24, 2.45) is 5.92 Å². The number of methoxy groups -OCH3 is 1. The number of halogens is 1. The summed E-state index contributed by atoms with van der Waals surface area (Å²) in [6, 6.07) is 4.02. The number of benzene rings is 1. The number of fused-ring (bicyclic) bond motifs is 5. The summed E-state index contributed by atoms with van der Waals surface area (Å²) < 4.78 is 11.5. The van der Waals surface area contributed by atoms with Gasteiger partial charge in [0.05, 0.1) is 42.5 Å². The molecule has 11 heteroatoms. The molecule has 2 N–H and O–H groups in total. The minimum absolute atomic E-state index is 0.291. The summed E-state index contributed by atoms with van der Waals surface area (Å²) in [5.74, 6) is 1.92. The zero-order valence-corrected chi connectivity index (χ0v) is 21.7. The first-order valence-corrected chi connectivity index (χ1v) is 12.4. The van der Waals surface area contributed by atoms with Crippen LogP contribution in [0.25, 0.3) is 0 Å². The van der Waals surface area contributed by atoms with Crippen LogP contribution in [0, 0.1) is 5.92 Å². The summed E-state index contributed by atoms with van der Waals surface area (Å²) in [5.41, 5.74) is 2.05. The number of ether oxygens (including phenoxy) is 2. The topological polar surface area (TPSA) is 98.4 Å². The van der Waals surface area contributed by atoms with Gasteiger partial charge in [-0.1, -0.05) is 18.2 Å². The maximum atomic E-state index is 12.2. The van der Waals surface area contributed by atoms with Crippen molar-refractivity contribution in [1.29, 1.82) is 0 Å². The van der Waals surface area contributed by atoms with Crippen molar-refractivity contribution in [2.75, 3.05) is 68.3 Å². The number of carbonyl (C=O) groups excluding carboxylic acids is 1. The third-order valence-electron chi connectivity index (χ3n) is 7.08. The minimum atomic E-state index is -0.303. The Kier molecular flexibility index (Phi) is 6.67. The van der Waals surface area contributed by atoms with Gasteiger partial charge in [-0.15, -0.1) is 0 Å². The third kappa shape index (κ3) is 4.68. The Hall–Kier alpha value is -3.08. The molecule has 3 unspecified atom stereocenters. The van der Waals surface area contributed by atoms with Crippen molar-refractivity contribution in [3.8, 4) is 5.75 Å². The van der Waals surface area contributed by atoms with Crippen molar-refractivity contribution in [3.05, 3.63) is 36.0 Å². The van der Waals surface area contributed by atoms with Crippen molar-refractivity contribution in [1.82, 2.24) is 14.9 Å². The molecule has 5 rings (SSSR count). The summed E-state index contributed by atoms with van der Waals surface area (Å²) in [4.78, 5) is 27.8. The zero-order valence-electron chi connectivity index (χ0n) is 21.0.